The molecule has 3 nitrogen and oxygen atoms in total. The molecule has 0 bridgehead atoms. The van der Waals surface area contributed by atoms with Crippen LogP contribution in [0.5, 0.6) is 5.75 Å². The van der Waals surface area contributed by atoms with Gasteiger partial charge in [0.05, 0.1) is 13.2 Å². The van der Waals surface area contributed by atoms with E-state index >= 15 is 0 Å². The van der Waals surface area contributed by atoms with Crippen LogP contribution in [0.4, 0.5) is 0 Å². The van der Waals surface area contributed by atoms with Crippen LogP contribution in [0.25, 0.3) is 0 Å². The molecule has 1 aliphatic heterocycles. The van der Waals surface area contributed by atoms with Crippen molar-refractivity contribution in [3.05, 3.63) is 29.3 Å². The zero-order chi connectivity index (χ0) is 14.3. The largest absolute Gasteiger partial charge is 0.497 e. The second-order valence-electron chi connectivity index (χ2n) is 6.52. The summed E-state index contributed by atoms with van der Waals surface area (Å²) in [5.41, 5.74) is 2.34. The molecule has 0 spiro atoms. The van der Waals surface area contributed by atoms with Gasteiger partial charge in [-0.3, -0.25) is 4.90 Å². The number of rotatable bonds is 2. The van der Waals surface area contributed by atoms with Crippen molar-refractivity contribution >= 4 is 0 Å². The Labute approximate surface area is 121 Å². The van der Waals surface area contributed by atoms with Gasteiger partial charge in [0, 0.05) is 19.1 Å². The first-order valence-corrected chi connectivity index (χ1v) is 7.69. The minimum Gasteiger partial charge on any atom is -0.497 e. The van der Waals surface area contributed by atoms with Crippen LogP contribution in [0.2, 0.25) is 0 Å². The Hall–Kier alpha value is -1.06. The van der Waals surface area contributed by atoms with Gasteiger partial charge in [0.25, 0.3) is 0 Å². The lowest BCUT2D eigenvalue weighted by atomic mass is 9.85. The molecule has 2 aliphatic rings. The molecule has 0 amide bonds. The maximum atomic E-state index is 10.7. The van der Waals surface area contributed by atoms with E-state index in [1.165, 1.54) is 5.56 Å². The van der Waals surface area contributed by atoms with Gasteiger partial charge in [-0.15, -0.1) is 0 Å². The number of ether oxygens (including phenoxy) is 1. The number of benzene rings is 1. The molecular formula is C17H25NO2. The van der Waals surface area contributed by atoms with Gasteiger partial charge in [0.2, 0.25) is 0 Å². The average Bonchev–Trinajstić information content (AvgIpc) is 2.78. The summed E-state index contributed by atoms with van der Waals surface area (Å²) in [5.74, 6) is 2.36. The normalized spacial score (nSPS) is 34.0. The third-order valence-electron chi connectivity index (χ3n) is 5.23. The number of aliphatic hydroxyl groups excluding tert-OH is 1. The van der Waals surface area contributed by atoms with Crippen molar-refractivity contribution in [1.82, 2.24) is 4.90 Å². The lowest BCUT2D eigenvalue weighted by Gasteiger charge is -2.36. The quantitative estimate of drug-likeness (QED) is 0.900. The topological polar surface area (TPSA) is 32.7 Å². The van der Waals surface area contributed by atoms with Gasteiger partial charge in [-0.05, 0) is 47.9 Å². The summed E-state index contributed by atoms with van der Waals surface area (Å²) in [5, 5.41) is 10.7. The van der Waals surface area contributed by atoms with Gasteiger partial charge >= 0.3 is 0 Å². The molecule has 1 N–H and O–H groups in total. The minimum absolute atomic E-state index is 0.281. The molecule has 0 aromatic heterocycles. The SMILES string of the molecule is COc1ccc2c(c1)CCC(N1CC(C)C(C)C1)C2O. The van der Waals surface area contributed by atoms with E-state index in [0.717, 1.165) is 49.1 Å². The lowest BCUT2D eigenvalue weighted by molar-refractivity contribution is 0.0460. The van der Waals surface area contributed by atoms with Crippen LogP contribution in [0.3, 0.4) is 0 Å². The number of aliphatic hydroxyl groups is 1. The molecule has 1 aromatic carbocycles. The molecule has 3 rings (SSSR count). The molecule has 0 saturated carbocycles. The number of likely N-dealkylation sites (tertiary alicyclic amines) is 1. The summed E-state index contributed by atoms with van der Waals surface area (Å²) < 4.78 is 5.28. The predicted molar refractivity (Wildman–Crippen MR) is 80.0 cm³/mol. The van der Waals surface area contributed by atoms with E-state index in [0.29, 0.717) is 0 Å². The number of nitrogens with zero attached hydrogens (tertiary/aromatic N) is 1. The van der Waals surface area contributed by atoms with Crippen LogP contribution in [0.1, 0.15) is 37.5 Å². The Morgan fingerprint density at radius 2 is 1.90 bits per heavy atom. The van der Waals surface area contributed by atoms with Crippen molar-refractivity contribution in [3.8, 4) is 5.75 Å². The van der Waals surface area contributed by atoms with E-state index in [2.05, 4.69) is 24.8 Å². The summed E-state index contributed by atoms with van der Waals surface area (Å²) in [4.78, 5) is 2.49. The first kappa shape index (κ1) is 13.9. The van der Waals surface area contributed by atoms with E-state index < -0.39 is 0 Å². The van der Waals surface area contributed by atoms with E-state index in [4.69, 9.17) is 4.74 Å². The first-order chi connectivity index (χ1) is 9.60. The molecule has 20 heavy (non-hydrogen) atoms. The highest BCUT2D eigenvalue weighted by Crippen LogP contribution is 2.37. The van der Waals surface area contributed by atoms with Crippen molar-refractivity contribution < 1.29 is 9.84 Å². The van der Waals surface area contributed by atoms with E-state index in [1.54, 1.807) is 7.11 Å². The van der Waals surface area contributed by atoms with E-state index in [-0.39, 0.29) is 12.1 Å². The van der Waals surface area contributed by atoms with Gasteiger partial charge in [0.1, 0.15) is 5.75 Å². The monoisotopic (exact) mass is 275 g/mol. The molecular weight excluding hydrogens is 250 g/mol. The Morgan fingerprint density at radius 1 is 1.20 bits per heavy atom. The fourth-order valence-electron chi connectivity index (χ4n) is 3.71. The molecule has 3 heteroatoms. The zero-order valence-electron chi connectivity index (χ0n) is 12.7. The van der Waals surface area contributed by atoms with Crippen molar-refractivity contribution in [1.29, 1.82) is 0 Å². The summed E-state index contributed by atoms with van der Waals surface area (Å²) in [6.07, 6.45) is 1.72. The highest BCUT2D eigenvalue weighted by Gasteiger charge is 2.37. The Morgan fingerprint density at radius 3 is 2.55 bits per heavy atom. The highest BCUT2D eigenvalue weighted by molar-refractivity contribution is 5.39. The van der Waals surface area contributed by atoms with Gasteiger partial charge in [0.15, 0.2) is 0 Å². The molecule has 1 saturated heterocycles. The fourth-order valence-corrected chi connectivity index (χ4v) is 3.71. The van der Waals surface area contributed by atoms with Crippen LogP contribution in [-0.2, 0) is 6.42 Å². The molecule has 110 valence electrons. The standard InChI is InChI=1S/C17H25NO2/c1-11-9-18(10-12(11)2)16-7-4-13-8-14(20-3)5-6-15(13)17(16)19/h5-6,8,11-12,16-17,19H,4,7,9-10H2,1-3H3. The molecule has 4 atom stereocenters. The number of hydrogen-bond acceptors (Lipinski definition) is 3. The number of aryl methyl sites for hydroxylation is 1. The van der Waals surface area contributed by atoms with Crippen LogP contribution < -0.4 is 4.74 Å². The van der Waals surface area contributed by atoms with Gasteiger partial charge < -0.3 is 9.84 Å². The Bertz CT molecular complexity index is 478. The second kappa shape index (κ2) is 5.38. The number of hydrogen-bond donors (Lipinski definition) is 1. The third-order valence-corrected chi connectivity index (χ3v) is 5.23. The molecule has 0 radical (unpaired) electrons. The maximum absolute atomic E-state index is 10.7. The van der Waals surface area contributed by atoms with E-state index in [9.17, 15) is 5.11 Å². The van der Waals surface area contributed by atoms with Gasteiger partial charge in [-0.2, -0.15) is 0 Å². The zero-order valence-corrected chi connectivity index (χ0v) is 12.7. The van der Waals surface area contributed by atoms with Crippen LogP contribution >= 0.6 is 0 Å². The maximum Gasteiger partial charge on any atom is 0.119 e. The summed E-state index contributed by atoms with van der Waals surface area (Å²) in [7, 11) is 1.69. The molecule has 4 unspecified atom stereocenters. The van der Waals surface area contributed by atoms with Crippen molar-refractivity contribution in [2.75, 3.05) is 20.2 Å². The molecule has 1 heterocycles. The molecule has 1 aromatic rings. The highest BCUT2D eigenvalue weighted by atomic mass is 16.5. The lowest BCUT2D eigenvalue weighted by Crippen LogP contribution is -2.41. The smallest absolute Gasteiger partial charge is 0.119 e. The van der Waals surface area contributed by atoms with Crippen molar-refractivity contribution in [3.63, 3.8) is 0 Å². The van der Waals surface area contributed by atoms with Gasteiger partial charge in [-0.1, -0.05) is 19.9 Å². The van der Waals surface area contributed by atoms with E-state index in [1.807, 2.05) is 12.1 Å². The van der Waals surface area contributed by atoms with Crippen LogP contribution in [0, 0.1) is 11.8 Å². The summed E-state index contributed by atoms with van der Waals surface area (Å²) >= 11 is 0. The van der Waals surface area contributed by atoms with Crippen molar-refractivity contribution in [2.24, 2.45) is 11.8 Å². The third kappa shape index (κ3) is 2.33. The summed E-state index contributed by atoms with van der Waals surface area (Å²) in [6.45, 7) is 6.88. The molecule has 1 aliphatic carbocycles. The Balaban J connectivity index is 1.81. The van der Waals surface area contributed by atoms with Crippen LogP contribution in [0.15, 0.2) is 18.2 Å². The first-order valence-electron chi connectivity index (χ1n) is 7.69. The average molecular weight is 275 g/mol. The summed E-state index contributed by atoms with van der Waals surface area (Å²) in [6, 6.07) is 6.35. The second-order valence-corrected chi connectivity index (χ2v) is 6.52. The number of methoxy groups -OCH3 is 1. The number of fused-ring (bicyclic) bond motifs is 1. The molecule has 1 fully saturated rings. The van der Waals surface area contributed by atoms with Gasteiger partial charge in [-0.25, -0.2) is 0 Å². The predicted octanol–water partition coefficient (Wildman–Crippen LogP) is 2.63. The minimum atomic E-state index is -0.359. The van der Waals surface area contributed by atoms with Crippen molar-refractivity contribution in [2.45, 2.75) is 38.8 Å². The van der Waals surface area contributed by atoms with Crippen LogP contribution in [-0.4, -0.2) is 36.2 Å². The fraction of sp³-hybridized carbons (Fsp3) is 0.647. The Kier molecular flexibility index (Phi) is 3.74.